The molecule has 1 heterocycles. The van der Waals surface area contributed by atoms with Crippen molar-refractivity contribution in [1.82, 2.24) is 0 Å². The molecular weight excluding hydrogens is 693 g/mol. The van der Waals surface area contributed by atoms with Crippen LogP contribution in [0.4, 0.5) is 43.9 Å². The third-order valence-electron chi connectivity index (χ3n) is 8.43. The van der Waals surface area contributed by atoms with Crippen LogP contribution in [-0.4, -0.2) is 30.9 Å². The fourth-order valence-corrected chi connectivity index (χ4v) is 21.3. The smallest absolute Gasteiger partial charge is 0.204 e. The Bertz CT molecular complexity index is 1830. The summed E-state index contributed by atoms with van der Waals surface area (Å²) < 4.78 is 152. The number of benzene rings is 4. The summed E-state index contributed by atoms with van der Waals surface area (Å²) >= 11 is 0. The molecule has 4 aromatic carbocycles. The number of halogens is 10. The monoisotopic (exact) mass is 722 g/mol. The maximum atomic E-state index is 15.9. The highest BCUT2D eigenvalue weighted by Gasteiger charge is 2.61. The van der Waals surface area contributed by atoms with Gasteiger partial charge in [0, 0.05) is 10.9 Å². The molecule has 0 amide bonds. The first-order chi connectivity index (χ1) is 22.3. The van der Waals surface area contributed by atoms with Crippen molar-refractivity contribution in [2.45, 2.75) is 39.3 Å². The van der Waals surface area contributed by atoms with Gasteiger partial charge in [-0.1, -0.05) is 121 Å². The van der Waals surface area contributed by atoms with Gasteiger partial charge in [0.05, 0.1) is 16.1 Å². The first-order valence-electron chi connectivity index (χ1n) is 14.9. The zero-order valence-electron chi connectivity index (χ0n) is 26.7. The van der Waals surface area contributed by atoms with Gasteiger partial charge in [-0.2, -0.15) is 0 Å². The molecule has 250 valence electrons. The second-order valence-corrected chi connectivity index (χ2v) is 28.1. The fraction of sp³-hybridized carbons (Fsp3) is 0.176. The summed E-state index contributed by atoms with van der Waals surface area (Å²) in [5, 5.41) is 1.88. The third-order valence-corrected chi connectivity index (χ3v) is 19.7. The van der Waals surface area contributed by atoms with E-state index in [1.807, 2.05) is 69.2 Å². The molecule has 0 radical (unpaired) electrons. The van der Waals surface area contributed by atoms with Crippen LogP contribution >= 0.6 is 0 Å². The largest absolute Gasteiger partial charge is 0.256 e. The van der Waals surface area contributed by atoms with Crippen molar-refractivity contribution < 1.29 is 43.9 Å². The maximum Gasteiger partial charge on any atom is 0.256 e. The first-order valence-corrected chi connectivity index (χ1v) is 24.0. The molecule has 48 heavy (non-hydrogen) atoms. The number of allylic oxidation sites excluding steroid dienone is 2. The van der Waals surface area contributed by atoms with Crippen molar-refractivity contribution in [1.29, 1.82) is 0 Å². The molecule has 0 spiro atoms. The Labute approximate surface area is 274 Å². The zero-order valence-corrected chi connectivity index (χ0v) is 29.7. The van der Waals surface area contributed by atoms with Gasteiger partial charge in [-0.25, -0.2) is 43.9 Å². The third kappa shape index (κ3) is 5.45. The van der Waals surface area contributed by atoms with Gasteiger partial charge in [0.25, 0.3) is 6.71 Å². The van der Waals surface area contributed by atoms with Crippen molar-refractivity contribution in [2.75, 3.05) is 0 Å². The van der Waals surface area contributed by atoms with Gasteiger partial charge >= 0.3 is 0 Å². The average molecular weight is 723 g/mol. The van der Waals surface area contributed by atoms with E-state index in [0.29, 0.717) is 10.0 Å². The zero-order chi connectivity index (χ0) is 35.7. The molecule has 0 bridgehead atoms. The SMILES string of the molecule is C[Si](C)(C)/C=C1\C(B(c2c(F)c(F)c(F)c(F)c2F)c2c(F)c(F)c(F)c(F)c2F)=C([Si](C)(C)C)[Si]1(c1ccccc1)c1ccccc1. The molecular formula is C34H29BF10Si3. The summed E-state index contributed by atoms with van der Waals surface area (Å²) in [6.07, 6.45) is 0. The average Bonchev–Trinajstić information content (AvgIpc) is 3.03. The van der Waals surface area contributed by atoms with E-state index in [0.717, 1.165) is 10.4 Å². The van der Waals surface area contributed by atoms with Gasteiger partial charge in [-0.05, 0) is 10.4 Å². The second-order valence-electron chi connectivity index (χ2n) is 13.8. The topological polar surface area (TPSA) is 0 Å². The normalized spacial score (nSPS) is 15.6. The minimum absolute atomic E-state index is 0.192. The first kappa shape index (κ1) is 35.7. The van der Waals surface area contributed by atoms with Crippen LogP contribution in [0.5, 0.6) is 0 Å². The predicted octanol–water partition coefficient (Wildman–Crippen LogP) is 7.56. The van der Waals surface area contributed by atoms with Crippen molar-refractivity contribution in [3.63, 3.8) is 0 Å². The molecule has 0 fully saturated rings. The molecule has 0 aliphatic carbocycles. The highest BCUT2D eigenvalue weighted by molar-refractivity contribution is 7.28. The van der Waals surface area contributed by atoms with E-state index in [4.69, 9.17) is 0 Å². The maximum absolute atomic E-state index is 15.9. The lowest BCUT2D eigenvalue weighted by atomic mass is 9.35. The van der Waals surface area contributed by atoms with Crippen LogP contribution in [0.3, 0.4) is 0 Å². The Balaban J connectivity index is 2.14. The van der Waals surface area contributed by atoms with Crippen molar-refractivity contribution >= 4 is 52.2 Å². The van der Waals surface area contributed by atoms with E-state index in [2.05, 4.69) is 0 Å². The van der Waals surface area contributed by atoms with E-state index < -0.39 is 100 Å². The van der Waals surface area contributed by atoms with Gasteiger partial charge in [-0.3, -0.25) is 0 Å². The molecule has 4 aromatic rings. The Kier molecular flexibility index (Phi) is 9.19. The highest BCUT2D eigenvalue weighted by atomic mass is 28.4. The second kappa shape index (κ2) is 12.4. The molecule has 5 rings (SSSR count). The number of hydrogen-bond donors (Lipinski definition) is 0. The Morgan fingerprint density at radius 1 is 0.479 bits per heavy atom. The lowest BCUT2D eigenvalue weighted by molar-refractivity contribution is 0.382. The minimum atomic E-state index is -3.51. The van der Waals surface area contributed by atoms with Gasteiger partial charge in [0.1, 0.15) is 0 Å². The Morgan fingerprint density at radius 3 is 1.08 bits per heavy atom. The van der Waals surface area contributed by atoms with Crippen LogP contribution in [0.15, 0.2) is 81.9 Å². The number of rotatable bonds is 7. The summed E-state index contributed by atoms with van der Waals surface area (Å²) in [7, 11) is -8.91. The van der Waals surface area contributed by atoms with Crippen molar-refractivity contribution in [2.24, 2.45) is 0 Å². The molecule has 0 nitrogen and oxygen atoms in total. The Hall–Kier alpha value is -3.62. The summed E-state index contributed by atoms with van der Waals surface area (Å²) in [4.78, 5) is 0.495. The van der Waals surface area contributed by atoms with E-state index in [9.17, 15) is 26.3 Å². The van der Waals surface area contributed by atoms with Crippen molar-refractivity contribution in [3.05, 3.63) is 140 Å². The molecule has 14 heteroatoms. The lowest BCUT2D eigenvalue weighted by Crippen LogP contribution is -2.75. The highest BCUT2D eigenvalue weighted by Crippen LogP contribution is 2.48. The van der Waals surface area contributed by atoms with E-state index in [1.54, 1.807) is 36.4 Å². The van der Waals surface area contributed by atoms with E-state index in [1.165, 1.54) is 0 Å². The summed E-state index contributed by atoms with van der Waals surface area (Å²) in [5.74, 6) is -24.5. The quantitative estimate of drug-likeness (QED) is 0.0801. The van der Waals surface area contributed by atoms with Gasteiger partial charge in [-0.15, -0.1) is 0 Å². The molecule has 0 atom stereocenters. The Morgan fingerprint density at radius 2 is 0.792 bits per heavy atom. The summed E-state index contributed by atoms with van der Waals surface area (Å²) in [6, 6.07) is 17.9. The van der Waals surface area contributed by atoms with Crippen LogP contribution in [-0.2, 0) is 0 Å². The molecule has 0 saturated heterocycles. The lowest BCUT2D eigenvalue weighted by Gasteiger charge is -2.55. The minimum Gasteiger partial charge on any atom is -0.204 e. The molecule has 1 aliphatic rings. The molecule has 1 aliphatic heterocycles. The standard InChI is InChI=1S/C34H29BF10Si3/c1-46(2,3)17-20-21(34(47(4,5)6)48(20,18-13-9-7-10-14-18)19-15-11-8-12-16-19)35(22-24(36)28(40)32(44)29(41)25(22)37)23-26(38)30(42)33(45)31(43)27(23)39/h7-17H,1-6H3/b20-17+. The van der Waals surface area contributed by atoms with Crippen LogP contribution in [0, 0.1) is 58.2 Å². The summed E-state index contributed by atoms with van der Waals surface area (Å²) in [5.41, 5.74) is -1.76. The number of hydrogen-bond acceptors (Lipinski definition) is 0. The van der Waals surface area contributed by atoms with E-state index in [-0.39, 0.29) is 5.47 Å². The summed E-state index contributed by atoms with van der Waals surface area (Å²) in [6.45, 7) is 8.65. The fourth-order valence-electron chi connectivity index (χ4n) is 6.82. The van der Waals surface area contributed by atoms with Crippen LogP contribution in [0.25, 0.3) is 0 Å². The van der Waals surface area contributed by atoms with Gasteiger partial charge in [0.15, 0.2) is 66.2 Å². The molecule has 0 aromatic heterocycles. The molecule has 0 N–H and O–H groups in total. The van der Waals surface area contributed by atoms with Gasteiger partial charge in [0.2, 0.25) is 0 Å². The molecule has 0 saturated carbocycles. The van der Waals surface area contributed by atoms with Crippen molar-refractivity contribution in [3.8, 4) is 0 Å². The predicted molar refractivity (Wildman–Crippen MR) is 177 cm³/mol. The van der Waals surface area contributed by atoms with Crippen LogP contribution in [0.2, 0.25) is 39.3 Å². The molecule has 0 unspecified atom stereocenters. The van der Waals surface area contributed by atoms with E-state index >= 15 is 17.6 Å². The van der Waals surface area contributed by atoms with Crippen LogP contribution < -0.4 is 21.3 Å². The van der Waals surface area contributed by atoms with Gasteiger partial charge < -0.3 is 0 Å². The van der Waals surface area contributed by atoms with Crippen LogP contribution in [0.1, 0.15) is 0 Å².